The molecule has 266 valence electrons. The van der Waals surface area contributed by atoms with E-state index < -0.39 is 0 Å². The van der Waals surface area contributed by atoms with Gasteiger partial charge in [-0.15, -0.1) is 0 Å². The van der Waals surface area contributed by atoms with Crippen LogP contribution in [0.3, 0.4) is 0 Å². The summed E-state index contributed by atoms with van der Waals surface area (Å²) >= 11 is 4.53. The molecule has 1 atom stereocenters. The lowest BCUT2D eigenvalue weighted by Crippen LogP contribution is -2.37. The number of carbonyl (C=O) groups excluding carboxylic acids is 2. The van der Waals surface area contributed by atoms with Gasteiger partial charge in [-0.25, -0.2) is 9.78 Å². The molecule has 1 saturated heterocycles. The molecular formula is C42H48N4O4S. The van der Waals surface area contributed by atoms with Gasteiger partial charge in [-0.2, -0.15) is 12.6 Å². The van der Waals surface area contributed by atoms with E-state index in [-0.39, 0.29) is 17.9 Å². The summed E-state index contributed by atoms with van der Waals surface area (Å²) in [7, 11) is 0. The summed E-state index contributed by atoms with van der Waals surface area (Å²) in [5.41, 5.74) is 8.07. The second kappa shape index (κ2) is 17.7. The first-order valence-corrected chi connectivity index (χ1v) is 18.7. The number of imidazole rings is 1. The average Bonchev–Trinajstić information content (AvgIpc) is 3.51. The number of nitrogens with zero attached hydrogens (tertiary/aromatic N) is 3. The van der Waals surface area contributed by atoms with Crippen molar-refractivity contribution in [1.82, 2.24) is 19.8 Å². The zero-order valence-electron chi connectivity index (χ0n) is 29.6. The van der Waals surface area contributed by atoms with Crippen LogP contribution in [0.15, 0.2) is 91.0 Å². The Bertz CT molecular complexity index is 1920. The maximum absolute atomic E-state index is 13.6. The minimum Gasteiger partial charge on any atom is -0.462 e. The number of esters is 1. The third kappa shape index (κ3) is 9.27. The van der Waals surface area contributed by atoms with Crippen LogP contribution in [0.1, 0.15) is 63.0 Å². The van der Waals surface area contributed by atoms with Crippen LogP contribution in [0.2, 0.25) is 0 Å². The molecule has 0 aliphatic carbocycles. The van der Waals surface area contributed by atoms with Crippen molar-refractivity contribution in [3.8, 4) is 11.1 Å². The van der Waals surface area contributed by atoms with Crippen molar-refractivity contribution in [3.05, 3.63) is 125 Å². The van der Waals surface area contributed by atoms with E-state index in [0.717, 1.165) is 96.8 Å². The molecule has 0 radical (unpaired) electrons. The number of thiol groups is 1. The van der Waals surface area contributed by atoms with E-state index in [0.29, 0.717) is 36.5 Å². The molecule has 6 rings (SSSR count). The number of aryl methyl sites for hydroxylation is 2. The molecular weight excluding hydrogens is 657 g/mol. The molecule has 9 heteroatoms. The Morgan fingerprint density at radius 2 is 1.71 bits per heavy atom. The summed E-state index contributed by atoms with van der Waals surface area (Å²) in [6.07, 6.45) is 3.29. The van der Waals surface area contributed by atoms with Crippen molar-refractivity contribution in [2.75, 3.05) is 45.2 Å². The van der Waals surface area contributed by atoms with Crippen molar-refractivity contribution >= 4 is 35.5 Å². The van der Waals surface area contributed by atoms with Crippen LogP contribution in [0.25, 0.3) is 22.2 Å². The quantitative estimate of drug-likeness (QED) is 0.0684. The number of fused-ring (bicyclic) bond motifs is 1. The number of morpholine rings is 1. The van der Waals surface area contributed by atoms with Gasteiger partial charge in [-0.3, -0.25) is 9.69 Å². The van der Waals surface area contributed by atoms with Gasteiger partial charge in [-0.1, -0.05) is 79.7 Å². The van der Waals surface area contributed by atoms with E-state index in [1.807, 2.05) is 61.5 Å². The van der Waals surface area contributed by atoms with Crippen molar-refractivity contribution in [3.63, 3.8) is 0 Å². The Kier molecular flexibility index (Phi) is 12.6. The molecule has 0 spiro atoms. The fraction of sp³-hybridized carbons (Fsp3) is 0.357. The Hall–Kier alpha value is -4.44. The highest BCUT2D eigenvalue weighted by Crippen LogP contribution is 2.28. The van der Waals surface area contributed by atoms with Gasteiger partial charge in [0.25, 0.3) is 5.91 Å². The Labute approximate surface area is 306 Å². The normalized spacial score (nSPS) is 14.0. The molecule has 1 N–H and O–H groups in total. The summed E-state index contributed by atoms with van der Waals surface area (Å²) in [5.74, 6) is 1.12. The number of benzene rings is 4. The SMILES string of the molecule is CCCc1nc2c(C)cc(C(=O)N[C@@H](CS)Cc3ccccc3)cc2n1Cc1ccc(-c2ccccc2C(=O)OCCCN2CCOCC2)cc1. The lowest BCUT2D eigenvalue weighted by molar-refractivity contribution is 0.0298. The van der Waals surface area contributed by atoms with Gasteiger partial charge in [0, 0.05) is 50.0 Å². The highest BCUT2D eigenvalue weighted by atomic mass is 32.1. The first-order valence-electron chi connectivity index (χ1n) is 18.0. The first-order chi connectivity index (χ1) is 24.9. The number of aromatic nitrogens is 2. The zero-order valence-corrected chi connectivity index (χ0v) is 30.5. The third-order valence-electron chi connectivity index (χ3n) is 9.45. The molecule has 1 amide bonds. The summed E-state index contributed by atoms with van der Waals surface area (Å²) in [5, 5.41) is 3.20. The van der Waals surface area contributed by atoms with Crippen LogP contribution in [-0.4, -0.2) is 77.6 Å². The largest absolute Gasteiger partial charge is 0.462 e. The van der Waals surface area contributed by atoms with E-state index in [1.165, 1.54) is 0 Å². The third-order valence-corrected chi connectivity index (χ3v) is 9.89. The van der Waals surface area contributed by atoms with Gasteiger partial charge in [0.05, 0.1) is 36.4 Å². The monoisotopic (exact) mass is 704 g/mol. The van der Waals surface area contributed by atoms with Crippen molar-refractivity contribution < 1.29 is 19.1 Å². The fourth-order valence-electron chi connectivity index (χ4n) is 6.73. The lowest BCUT2D eigenvalue weighted by Gasteiger charge is -2.26. The molecule has 1 aromatic heterocycles. The van der Waals surface area contributed by atoms with Crippen molar-refractivity contribution in [2.24, 2.45) is 0 Å². The summed E-state index contributed by atoms with van der Waals surface area (Å²) in [4.78, 5) is 34.1. The predicted octanol–water partition coefficient (Wildman–Crippen LogP) is 7.16. The van der Waals surface area contributed by atoms with Crippen LogP contribution in [-0.2, 0) is 28.9 Å². The number of ether oxygens (including phenoxy) is 2. The summed E-state index contributed by atoms with van der Waals surface area (Å²) in [6.45, 7) is 9.43. The summed E-state index contributed by atoms with van der Waals surface area (Å²) < 4.78 is 13.4. The minimum atomic E-state index is -0.304. The van der Waals surface area contributed by atoms with Gasteiger partial charge >= 0.3 is 5.97 Å². The fourth-order valence-corrected chi connectivity index (χ4v) is 6.95. The van der Waals surface area contributed by atoms with Gasteiger partial charge in [0.1, 0.15) is 5.82 Å². The Morgan fingerprint density at radius 1 is 0.961 bits per heavy atom. The maximum atomic E-state index is 13.6. The first kappa shape index (κ1) is 36.4. The van der Waals surface area contributed by atoms with Crippen LogP contribution in [0, 0.1) is 6.92 Å². The molecule has 8 nitrogen and oxygen atoms in total. The molecule has 0 saturated carbocycles. The number of amides is 1. The summed E-state index contributed by atoms with van der Waals surface area (Å²) in [6, 6.07) is 29.9. The van der Waals surface area contributed by atoms with Crippen LogP contribution < -0.4 is 5.32 Å². The van der Waals surface area contributed by atoms with E-state index in [4.69, 9.17) is 14.5 Å². The second-order valence-electron chi connectivity index (χ2n) is 13.3. The van der Waals surface area contributed by atoms with Gasteiger partial charge < -0.3 is 19.4 Å². The number of rotatable bonds is 15. The van der Waals surface area contributed by atoms with Crippen molar-refractivity contribution in [2.45, 2.75) is 52.1 Å². The van der Waals surface area contributed by atoms with Crippen LogP contribution in [0.4, 0.5) is 0 Å². The number of nitrogens with one attached hydrogen (secondary N) is 1. The van der Waals surface area contributed by atoms with E-state index in [1.54, 1.807) is 0 Å². The van der Waals surface area contributed by atoms with E-state index >= 15 is 0 Å². The van der Waals surface area contributed by atoms with E-state index in [2.05, 4.69) is 70.7 Å². The topological polar surface area (TPSA) is 85.7 Å². The lowest BCUT2D eigenvalue weighted by atomic mass is 9.98. The van der Waals surface area contributed by atoms with Crippen molar-refractivity contribution in [1.29, 1.82) is 0 Å². The standard InChI is InChI=1S/C42H48N4O4S/c1-3-10-39-44-40-30(2)25-34(41(47)43-35(29-51)26-31-11-5-4-6-12-31)27-38(40)46(39)28-32-15-17-33(18-16-32)36-13-7-8-14-37(36)42(48)50-22-9-19-45-20-23-49-24-21-45/h4-8,11-18,25,27,35,51H,3,9-10,19-24,26,28-29H2,1-2H3,(H,43,47)/t35-/m1/s1. The van der Waals surface area contributed by atoms with Gasteiger partial charge in [-0.05, 0) is 72.2 Å². The Morgan fingerprint density at radius 3 is 2.45 bits per heavy atom. The number of carbonyl (C=O) groups is 2. The molecule has 0 unspecified atom stereocenters. The molecule has 5 aromatic rings. The molecule has 1 aliphatic rings. The molecule has 4 aromatic carbocycles. The van der Waals surface area contributed by atoms with Gasteiger partial charge in [0.15, 0.2) is 0 Å². The number of hydrogen-bond donors (Lipinski definition) is 2. The smallest absolute Gasteiger partial charge is 0.338 e. The highest BCUT2D eigenvalue weighted by molar-refractivity contribution is 7.80. The highest BCUT2D eigenvalue weighted by Gasteiger charge is 2.20. The number of hydrogen-bond acceptors (Lipinski definition) is 7. The van der Waals surface area contributed by atoms with Crippen LogP contribution >= 0.6 is 12.6 Å². The molecule has 51 heavy (non-hydrogen) atoms. The zero-order chi connectivity index (χ0) is 35.6. The molecule has 2 heterocycles. The molecule has 0 bridgehead atoms. The predicted molar refractivity (Wildman–Crippen MR) is 207 cm³/mol. The second-order valence-corrected chi connectivity index (χ2v) is 13.6. The van der Waals surface area contributed by atoms with Crippen LogP contribution in [0.5, 0.6) is 0 Å². The molecule has 1 aliphatic heterocycles. The average molecular weight is 705 g/mol. The maximum Gasteiger partial charge on any atom is 0.338 e. The minimum absolute atomic E-state index is 0.0920. The molecule has 1 fully saturated rings. The Balaban J connectivity index is 1.17. The van der Waals surface area contributed by atoms with E-state index in [9.17, 15) is 9.59 Å². The van der Waals surface area contributed by atoms with Gasteiger partial charge in [0.2, 0.25) is 0 Å².